The third-order valence-electron chi connectivity index (χ3n) is 12.2. The molecule has 12 rings (SSSR count). The maximum atomic E-state index is 9.71. The number of fused-ring (bicyclic) bond motifs is 6. The van der Waals surface area contributed by atoms with Gasteiger partial charge in [-0.3, -0.25) is 0 Å². The lowest BCUT2D eigenvalue weighted by molar-refractivity contribution is 1.18. The highest BCUT2D eigenvalue weighted by molar-refractivity contribution is 6.13. The number of hydrogen-bond acceptors (Lipinski definition) is 2. The van der Waals surface area contributed by atoms with E-state index in [1.807, 2.05) is 102 Å². The topological polar surface area (TPSA) is 11.4 Å². The van der Waals surface area contributed by atoms with Crippen LogP contribution in [0.5, 0.6) is 0 Å². The van der Waals surface area contributed by atoms with Crippen LogP contribution in [0.1, 0.15) is 5.48 Å². The van der Waals surface area contributed by atoms with Gasteiger partial charge in [-0.2, -0.15) is 0 Å². The summed E-state index contributed by atoms with van der Waals surface area (Å²) >= 11 is 0. The third kappa shape index (κ3) is 6.29. The normalized spacial score (nSPS) is 12.4. The lowest BCUT2D eigenvalue weighted by Gasteiger charge is -2.28. The first kappa shape index (κ1) is 32.4. The number of nitrogens with zero attached hydrogens (tertiary/aromatic N) is 3. The van der Waals surface area contributed by atoms with E-state index in [4.69, 9.17) is 0 Å². The van der Waals surface area contributed by atoms with E-state index in [0.717, 1.165) is 88.2 Å². The second kappa shape index (κ2) is 15.3. The van der Waals surface area contributed by atoms with Crippen LogP contribution < -0.4 is 9.80 Å². The van der Waals surface area contributed by atoms with E-state index >= 15 is 0 Å². The summed E-state index contributed by atoms with van der Waals surface area (Å²) in [4.78, 5) is 4.16. The minimum atomic E-state index is -0.124. The minimum Gasteiger partial charge on any atom is -0.310 e. The Balaban J connectivity index is 1.07. The van der Waals surface area contributed by atoms with Gasteiger partial charge >= 0.3 is 0 Å². The summed E-state index contributed by atoms with van der Waals surface area (Å²) in [6.45, 7) is 0. The largest absolute Gasteiger partial charge is 0.310 e. The first-order chi connectivity index (χ1) is 32.9. The summed E-state index contributed by atoms with van der Waals surface area (Å²) < 4.78 is 41.1. The van der Waals surface area contributed by atoms with E-state index < -0.39 is 0 Å². The van der Waals surface area contributed by atoms with Crippen molar-refractivity contribution >= 4 is 88.2 Å². The van der Waals surface area contributed by atoms with Crippen molar-refractivity contribution in [2.75, 3.05) is 9.80 Å². The van der Waals surface area contributed by atoms with Crippen molar-refractivity contribution in [2.24, 2.45) is 0 Å². The average Bonchev–Trinajstić information content (AvgIpc) is 3.71. The van der Waals surface area contributed by atoms with Crippen LogP contribution in [0.25, 0.3) is 70.9 Å². The maximum Gasteiger partial charge on any atom is 0.0645 e. The van der Waals surface area contributed by atoms with Crippen molar-refractivity contribution in [3.8, 4) is 16.8 Å². The molecular weight excluding hydrogens is 763 g/mol. The number of benzene rings is 11. The molecule has 0 atom stereocenters. The first-order valence-electron chi connectivity index (χ1n) is 23.3. The lowest BCUT2D eigenvalue weighted by atomic mass is 9.96. The van der Waals surface area contributed by atoms with E-state index in [2.05, 4.69) is 137 Å². The molecule has 0 unspecified atom stereocenters. The molecule has 0 aliphatic carbocycles. The van der Waals surface area contributed by atoms with Crippen LogP contribution in [-0.4, -0.2) is 4.57 Å². The zero-order valence-electron chi connectivity index (χ0n) is 38.2. The van der Waals surface area contributed by atoms with E-state index in [-0.39, 0.29) is 35.4 Å². The predicted octanol–water partition coefficient (Wildman–Crippen LogP) is 16.8. The van der Waals surface area contributed by atoms with Crippen LogP contribution in [-0.2, 0) is 0 Å². The number of anilines is 6. The standard InChI is InChI=1S/C60H41N3/c1-3-20-46(21-4-1)61(49-37-32-42-16-7-8-18-45(42)40-49)48-35-33-44(34-36-48)51-26-14-28-54-53(51)27-15-31-59(54)63(57-30-13-19-43-17-9-10-24-52(43)57)50-38-39-60-56(41-50)55-25-11-12-29-58(55)62(60)47-22-5-2-6-23-47/h1-41H/i33D,34D,35D,36D. The molecule has 12 aromatic rings. The van der Waals surface area contributed by atoms with Crippen molar-refractivity contribution in [3.63, 3.8) is 0 Å². The van der Waals surface area contributed by atoms with Gasteiger partial charge in [-0.15, -0.1) is 0 Å². The SMILES string of the molecule is [2H]c1c([2H])c(N(c2ccccc2)c2ccc3ccccc3c2)c([2H])c([2H])c1-c1cccc2c(N(c3ccc4c(c3)c3ccccc3n4-c3ccccc3)c3cccc4ccccc34)cccc12. The molecule has 0 radical (unpaired) electrons. The van der Waals surface area contributed by atoms with Gasteiger partial charge in [-0.1, -0.05) is 164 Å². The predicted molar refractivity (Wildman–Crippen MR) is 268 cm³/mol. The highest BCUT2D eigenvalue weighted by Gasteiger charge is 2.21. The molecule has 0 saturated heterocycles. The Hall–Kier alpha value is -8.40. The van der Waals surface area contributed by atoms with Crippen LogP contribution in [0.4, 0.5) is 34.1 Å². The van der Waals surface area contributed by atoms with Crippen molar-refractivity contribution in [1.82, 2.24) is 4.57 Å². The molecule has 1 heterocycles. The molecule has 0 N–H and O–H groups in total. The van der Waals surface area contributed by atoms with Crippen LogP contribution >= 0.6 is 0 Å². The molecule has 0 amide bonds. The van der Waals surface area contributed by atoms with Crippen LogP contribution in [0, 0.1) is 0 Å². The van der Waals surface area contributed by atoms with Gasteiger partial charge in [0.05, 0.1) is 27.9 Å². The van der Waals surface area contributed by atoms with E-state index in [1.54, 1.807) is 0 Å². The van der Waals surface area contributed by atoms with Gasteiger partial charge in [0, 0.05) is 50.0 Å². The second-order valence-electron chi connectivity index (χ2n) is 15.8. The Morgan fingerprint density at radius 2 is 0.889 bits per heavy atom. The van der Waals surface area contributed by atoms with Gasteiger partial charge in [-0.05, 0) is 118 Å². The van der Waals surface area contributed by atoms with Gasteiger partial charge in [0.1, 0.15) is 0 Å². The van der Waals surface area contributed by atoms with Crippen LogP contribution in [0.2, 0.25) is 0 Å². The molecule has 3 nitrogen and oxygen atoms in total. The number of aromatic nitrogens is 1. The number of rotatable bonds is 8. The Labute approximate surface area is 372 Å². The quantitative estimate of drug-likeness (QED) is 0.151. The Morgan fingerprint density at radius 3 is 1.71 bits per heavy atom. The number of para-hydroxylation sites is 3. The van der Waals surface area contributed by atoms with Crippen molar-refractivity contribution in [2.45, 2.75) is 0 Å². The van der Waals surface area contributed by atoms with Crippen molar-refractivity contribution < 1.29 is 5.48 Å². The third-order valence-corrected chi connectivity index (χ3v) is 12.2. The fraction of sp³-hybridized carbons (Fsp3) is 0. The second-order valence-corrected chi connectivity index (χ2v) is 15.8. The zero-order valence-corrected chi connectivity index (χ0v) is 34.2. The molecule has 0 fully saturated rings. The van der Waals surface area contributed by atoms with E-state index in [9.17, 15) is 5.48 Å². The maximum absolute atomic E-state index is 9.71. The minimum absolute atomic E-state index is 0.109. The van der Waals surface area contributed by atoms with Crippen molar-refractivity contribution in [1.29, 1.82) is 0 Å². The van der Waals surface area contributed by atoms with Crippen LogP contribution in [0.3, 0.4) is 0 Å². The molecule has 63 heavy (non-hydrogen) atoms. The summed E-state index contributed by atoms with van der Waals surface area (Å²) in [5.41, 5.74) is 8.76. The molecule has 1 aromatic heterocycles. The molecule has 11 aromatic carbocycles. The molecule has 3 heteroatoms. The average molecular weight is 808 g/mol. The first-order valence-corrected chi connectivity index (χ1v) is 21.3. The molecule has 0 spiro atoms. The molecule has 296 valence electrons. The summed E-state index contributed by atoms with van der Waals surface area (Å²) in [7, 11) is 0. The van der Waals surface area contributed by atoms with E-state index in [1.165, 1.54) is 0 Å². The molecule has 0 aliphatic rings. The fourth-order valence-corrected chi connectivity index (χ4v) is 9.33. The molecule has 0 aliphatic heterocycles. The highest BCUT2D eigenvalue weighted by atomic mass is 15.2. The molecule has 0 saturated carbocycles. The Bertz CT molecular complexity index is 3850. The van der Waals surface area contributed by atoms with Gasteiger partial charge in [-0.25, -0.2) is 0 Å². The van der Waals surface area contributed by atoms with Gasteiger partial charge in [0.15, 0.2) is 0 Å². The summed E-state index contributed by atoms with van der Waals surface area (Å²) in [5, 5.41) is 8.28. The van der Waals surface area contributed by atoms with Gasteiger partial charge in [0.25, 0.3) is 0 Å². The molecular formula is C60H41N3. The summed E-state index contributed by atoms with van der Waals surface area (Å²) in [6, 6.07) is 76.0. The van der Waals surface area contributed by atoms with Crippen molar-refractivity contribution in [3.05, 3.63) is 249 Å². The summed E-state index contributed by atoms with van der Waals surface area (Å²) in [5.74, 6) is 0. The zero-order chi connectivity index (χ0) is 45.2. The Morgan fingerprint density at radius 1 is 0.317 bits per heavy atom. The van der Waals surface area contributed by atoms with Crippen LogP contribution in [0.15, 0.2) is 249 Å². The highest BCUT2D eigenvalue weighted by Crippen LogP contribution is 2.46. The monoisotopic (exact) mass is 807 g/mol. The number of hydrogen-bond donors (Lipinski definition) is 0. The molecule has 0 bridgehead atoms. The Kier molecular flexibility index (Phi) is 7.84. The van der Waals surface area contributed by atoms with Gasteiger partial charge < -0.3 is 14.4 Å². The summed E-state index contributed by atoms with van der Waals surface area (Å²) in [6.07, 6.45) is 0. The lowest BCUT2D eigenvalue weighted by Crippen LogP contribution is -2.11. The van der Waals surface area contributed by atoms with Gasteiger partial charge in [0.2, 0.25) is 0 Å². The smallest absolute Gasteiger partial charge is 0.0645 e. The van der Waals surface area contributed by atoms with E-state index in [0.29, 0.717) is 5.56 Å². The fourth-order valence-electron chi connectivity index (χ4n) is 9.33.